The molecular formula is C12H20N2S2. The van der Waals surface area contributed by atoms with Crippen molar-refractivity contribution < 1.29 is 0 Å². The lowest BCUT2D eigenvalue weighted by Crippen LogP contribution is -2.24. The van der Waals surface area contributed by atoms with Gasteiger partial charge in [-0.15, -0.1) is 0 Å². The first-order chi connectivity index (χ1) is 7.50. The molecule has 0 aliphatic carbocycles. The average Bonchev–Trinajstić information content (AvgIpc) is 2.61. The molecular weight excluding hydrogens is 236 g/mol. The Morgan fingerprint density at radius 3 is 2.81 bits per heavy atom. The quantitative estimate of drug-likeness (QED) is 0.769. The van der Waals surface area contributed by atoms with Crippen molar-refractivity contribution in [3.05, 3.63) is 16.7 Å². The maximum atomic E-state index is 5.42. The summed E-state index contributed by atoms with van der Waals surface area (Å²) in [7, 11) is 0. The van der Waals surface area contributed by atoms with E-state index in [1.54, 1.807) is 0 Å². The van der Waals surface area contributed by atoms with Crippen LogP contribution in [0.15, 0.2) is 6.20 Å². The Morgan fingerprint density at radius 2 is 2.25 bits per heavy atom. The van der Waals surface area contributed by atoms with Crippen molar-refractivity contribution in [2.45, 2.75) is 45.1 Å². The van der Waals surface area contributed by atoms with Crippen molar-refractivity contribution in [2.24, 2.45) is 0 Å². The van der Waals surface area contributed by atoms with Crippen molar-refractivity contribution >= 4 is 24.0 Å². The topological polar surface area (TPSA) is 20.7 Å². The summed E-state index contributed by atoms with van der Waals surface area (Å²) in [5, 5.41) is 0. The van der Waals surface area contributed by atoms with Gasteiger partial charge in [-0.05, 0) is 30.8 Å². The number of nitrogens with zero attached hydrogens (tertiary/aromatic N) is 1. The summed E-state index contributed by atoms with van der Waals surface area (Å²) in [5.74, 6) is 2.51. The predicted molar refractivity (Wildman–Crippen MR) is 73.9 cm³/mol. The number of nitrogens with one attached hydrogen (secondary N) is 1. The van der Waals surface area contributed by atoms with Gasteiger partial charge in [-0.3, -0.25) is 0 Å². The minimum absolute atomic E-state index is 0.162. The molecule has 1 saturated heterocycles. The largest absolute Gasteiger partial charge is 0.337 e. The molecule has 0 saturated carbocycles. The molecule has 1 N–H and O–H groups in total. The number of imidazole rings is 1. The highest BCUT2D eigenvalue weighted by Gasteiger charge is 2.24. The van der Waals surface area contributed by atoms with Gasteiger partial charge in [0.25, 0.3) is 0 Å². The third kappa shape index (κ3) is 2.38. The van der Waals surface area contributed by atoms with Crippen molar-refractivity contribution in [3.8, 4) is 0 Å². The van der Waals surface area contributed by atoms with Crippen molar-refractivity contribution in [1.29, 1.82) is 0 Å². The van der Waals surface area contributed by atoms with E-state index >= 15 is 0 Å². The zero-order chi connectivity index (χ0) is 11.8. The monoisotopic (exact) mass is 256 g/mol. The summed E-state index contributed by atoms with van der Waals surface area (Å²) >= 11 is 7.47. The highest BCUT2D eigenvalue weighted by Crippen LogP contribution is 2.32. The number of hydrogen-bond acceptors (Lipinski definition) is 2. The number of H-pyrrole nitrogens is 1. The number of hydrogen-bond donors (Lipinski definition) is 1. The van der Waals surface area contributed by atoms with E-state index in [0.29, 0.717) is 6.04 Å². The Labute approximate surface area is 107 Å². The molecule has 1 fully saturated rings. The molecule has 0 bridgehead atoms. The Morgan fingerprint density at radius 1 is 1.50 bits per heavy atom. The fraction of sp³-hybridized carbons (Fsp3) is 0.750. The first-order valence-electron chi connectivity index (χ1n) is 5.88. The third-order valence-corrected chi connectivity index (χ3v) is 4.59. The van der Waals surface area contributed by atoms with Crippen LogP contribution in [0.4, 0.5) is 0 Å². The molecule has 2 rings (SSSR count). The Bertz CT molecular complexity index is 405. The molecule has 1 aliphatic rings. The van der Waals surface area contributed by atoms with Crippen LogP contribution in [-0.4, -0.2) is 21.1 Å². The molecule has 0 spiro atoms. The van der Waals surface area contributed by atoms with Crippen LogP contribution in [0.2, 0.25) is 0 Å². The lowest BCUT2D eigenvalue weighted by molar-refractivity contribution is 0.437. The molecule has 16 heavy (non-hydrogen) atoms. The summed E-state index contributed by atoms with van der Waals surface area (Å²) in [6, 6.07) is 0.590. The normalized spacial score (nSPS) is 22.3. The van der Waals surface area contributed by atoms with Crippen LogP contribution >= 0.6 is 24.0 Å². The van der Waals surface area contributed by atoms with Crippen molar-refractivity contribution in [1.82, 2.24) is 9.55 Å². The number of aromatic nitrogens is 2. The van der Waals surface area contributed by atoms with Gasteiger partial charge >= 0.3 is 0 Å². The predicted octanol–water partition coefficient (Wildman–Crippen LogP) is 3.91. The van der Waals surface area contributed by atoms with E-state index in [0.717, 1.165) is 4.77 Å². The van der Waals surface area contributed by atoms with Crippen LogP contribution in [0.5, 0.6) is 0 Å². The van der Waals surface area contributed by atoms with Crippen LogP contribution < -0.4 is 0 Å². The molecule has 90 valence electrons. The van der Waals surface area contributed by atoms with Gasteiger partial charge in [0.05, 0.1) is 0 Å². The van der Waals surface area contributed by atoms with Gasteiger partial charge in [-0.25, -0.2) is 0 Å². The van der Waals surface area contributed by atoms with Crippen LogP contribution in [0.3, 0.4) is 0 Å². The second kappa shape index (κ2) is 4.57. The van der Waals surface area contributed by atoms with Crippen molar-refractivity contribution in [2.75, 3.05) is 11.5 Å². The van der Waals surface area contributed by atoms with Gasteiger partial charge in [0, 0.05) is 29.1 Å². The molecule has 1 aliphatic heterocycles. The Kier molecular flexibility index (Phi) is 3.50. The second-order valence-corrected chi connectivity index (χ2v) is 7.01. The van der Waals surface area contributed by atoms with E-state index in [1.807, 2.05) is 11.8 Å². The second-order valence-electron chi connectivity index (χ2n) is 5.47. The molecule has 0 aromatic carbocycles. The lowest BCUT2D eigenvalue weighted by Gasteiger charge is -2.28. The SMILES string of the molecule is CC(C)(C)c1c[nH]c(=S)n1C1CCCSC1. The van der Waals surface area contributed by atoms with Gasteiger partial charge in [0.2, 0.25) is 0 Å². The molecule has 1 unspecified atom stereocenters. The number of thioether (sulfide) groups is 1. The van der Waals surface area contributed by atoms with Gasteiger partial charge in [0.15, 0.2) is 4.77 Å². The van der Waals surface area contributed by atoms with E-state index in [9.17, 15) is 0 Å². The summed E-state index contributed by atoms with van der Waals surface area (Å²) < 4.78 is 3.24. The zero-order valence-electron chi connectivity index (χ0n) is 10.2. The maximum Gasteiger partial charge on any atom is 0.177 e. The molecule has 1 atom stereocenters. The molecule has 4 heteroatoms. The Hall–Kier alpha value is -0.220. The van der Waals surface area contributed by atoms with Gasteiger partial charge in [-0.1, -0.05) is 20.8 Å². The highest BCUT2D eigenvalue weighted by atomic mass is 32.2. The van der Waals surface area contributed by atoms with Gasteiger partial charge < -0.3 is 9.55 Å². The molecule has 1 aromatic rings. The van der Waals surface area contributed by atoms with Gasteiger partial charge in [0.1, 0.15) is 0 Å². The van der Waals surface area contributed by atoms with Crippen LogP contribution in [0, 0.1) is 4.77 Å². The zero-order valence-corrected chi connectivity index (χ0v) is 11.9. The maximum absolute atomic E-state index is 5.42. The number of aromatic amines is 1. The molecule has 0 radical (unpaired) electrons. The minimum atomic E-state index is 0.162. The average molecular weight is 256 g/mol. The molecule has 2 heterocycles. The lowest BCUT2D eigenvalue weighted by atomic mass is 9.92. The van der Waals surface area contributed by atoms with E-state index < -0.39 is 0 Å². The first kappa shape index (κ1) is 12.2. The molecule has 1 aromatic heterocycles. The third-order valence-electron chi connectivity index (χ3n) is 3.08. The summed E-state index contributed by atoms with van der Waals surface area (Å²) in [5.41, 5.74) is 1.50. The fourth-order valence-electron chi connectivity index (χ4n) is 2.25. The van der Waals surface area contributed by atoms with E-state index in [2.05, 4.69) is 36.5 Å². The molecule has 2 nitrogen and oxygen atoms in total. The first-order valence-corrected chi connectivity index (χ1v) is 7.44. The van der Waals surface area contributed by atoms with Crippen LogP contribution in [-0.2, 0) is 5.41 Å². The fourth-order valence-corrected chi connectivity index (χ4v) is 3.68. The smallest absolute Gasteiger partial charge is 0.177 e. The summed E-state index contributed by atoms with van der Waals surface area (Å²) in [6.45, 7) is 6.74. The van der Waals surface area contributed by atoms with Crippen molar-refractivity contribution in [3.63, 3.8) is 0 Å². The summed E-state index contributed by atoms with van der Waals surface area (Å²) in [6.07, 6.45) is 4.66. The van der Waals surface area contributed by atoms with E-state index in [-0.39, 0.29) is 5.41 Å². The highest BCUT2D eigenvalue weighted by molar-refractivity contribution is 7.99. The summed E-state index contributed by atoms with van der Waals surface area (Å²) in [4.78, 5) is 3.21. The number of rotatable bonds is 1. The van der Waals surface area contributed by atoms with Crippen LogP contribution in [0.25, 0.3) is 0 Å². The molecule has 0 amide bonds. The van der Waals surface area contributed by atoms with Gasteiger partial charge in [-0.2, -0.15) is 11.8 Å². The standard InChI is InChI=1S/C12H20N2S2/c1-12(2,3)10-7-13-11(15)14(10)9-5-4-6-16-8-9/h7,9H,4-6,8H2,1-3H3,(H,13,15). The Balaban J connectivity index is 2.38. The van der Waals surface area contributed by atoms with E-state index in [4.69, 9.17) is 12.2 Å². The van der Waals surface area contributed by atoms with E-state index in [1.165, 1.54) is 30.0 Å². The van der Waals surface area contributed by atoms with Crippen LogP contribution in [0.1, 0.15) is 45.3 Å². The minimum Gasteiger partial charge on any atom is -0.337 e.